The van der Waals surface area contributed by atoms with Gasteiger partial charge >= 0.3 is 0 Å². The highest BCUT2D eigenvalue weighted by atomic mass is 79.9. The molecule has 3 aliphatic rings. The summed E-state index contributed by atoms with van der Waals surface area (Å²) in [6.07, 6.45) is 1.41. The highest BCUT2D eigenvalue weighted by Gasteiger charge is 2.44. The Balaban J connectivity index is 2.14. The van der Waals surface area contributed by atoms with Crippen molar-refractivity contribution < 1.29 is 0 Å². The zero-order valence-corrected chi connectivity index (χ0v) is 5.61. The lowest BCUT2D eigenvalue weighted by molar-refractivity contribution is 0.396. The number of halogens is 1. The lowest BCUT2D eigenvalue weighted by atomic mass is 9.86. The molecule has 2 saturated heterocycles. The maximum Gasteiger partial charge on any atom is 0.0340 e. The summed E-state index contributed by atoms with van der Waals surface area (Å²) in [5, 5.41) is 3.40. The topological polar surface area (TPSA) is 12.0 Å². The number of alkyl halides is 1. The number of fused-ring (bicyclic) bond motifs is 1. The number of hydrogen-bond donors (Lipinski definition) is 1. The predicted octanol–water partition coefficient (Wildman–Crippen LogP) is 0.742. The van der Waals surface area contributed by atoms with Crippen LogP contribution in [0.5, 0.6) is 0 Å². The molecule has 2 heterocycles. The Kier molecular flexibility index (Phi) is 0.762. The first-order valence-corrected chi connectivity index (χ1v) is 3.67. The van der Waals surface area contributed by atoms with Crippen LogP contribution in [-0.4, -0.2) is 17.4 Å². The molecular formula is C5H8BrN. The van der Waals surface area contributed by atoms with Gasteiger partial charge in [-0.05, 0) is 18.9 Å². The van der Waals surface area contributed by atoms with Crippen LogP contribution in [0.4, 0.5) is 0 Å². The second-order valence-corrected chi connectivity index (χ2v) is 3.51. The fourth-order valence-electron chi connectivity index (χ4n) is 1.41. The number of rotatable bonds is 0. The minimum atomic E-state index is 0.812. The van der Waals surface area contributed by atoms with E-state index >= 15 is 0 Å². The highest BCUT2D eigenvalue weighted by Crippen LogP contribution is 2.39. The van der Waals surface area contributed by atoms with Crippen LogP contribution in [0.15, 0.2) is 0 Å². The smallest absolute Gasteiger partial charge is 0.0340 e. The van der Waals surface area contributed by atoms with Crippen LogP contribution in [-0.2, 0) is 0 Å². The molecule has 40 valence electrons. The minimum absolute atomic E-state index is 0.812. The molecule has 1 aliphatic carbocycles. The Bertz CT molecular complexity index is 80.1. The van der Waals surface area contributed by atoms with E-state index in [2.05, 4.69) is 21.2 Å². The minimum Gasteiger partial charge on any atom is -0.313 e. The van der Waals surface area contributed by atoms with Crippen molar-refractivity contribution in [3.05, 3.63) is 0 Å². The van der Waals surface area contributed by atoms with E-state index in [1.54, 1.807) is 0 Å². The fourth-order valence-corrected chi connectivity index (χ4v) is 2.22. The molecule has 1 saturated carbocycles. The largest absolute Gasteiger partial charge is 0.313 e. The first-order valence-electron chi connectivity index (χ1n) is 2.75. The van der Waals surface area contributed by atoms with E-state index in [1.807, 2.05) is 0 Å². The molecule has 3 fully saturated rings. The first-order chi connectivity index (χ1) is 3.38. The van der Waals surface area contributed by atoms with Crippen molar-refractivity contribution in [3.63, 3.8) is 0 Å². The second-order valence-electron chi connectivity index (χ2n) is 2.45. The summed E-state index contributed by atoms with van der Waals surface area (Å²) in [5.41, 5.74) is 0. The van der Waals surface area contributed by atoms with Gasteiger partial charge in [0.15, 0.2) is 0 Å². The van der Waals surface area contributed by atoms with Crippen molar-refractivity contribution in [3.8, 4) is 0 Å². The van der Waals surface area contributed by atoms with Gasteiger partial charge in [0.05, 0.1) is 0 Å². The molecule has 0 aromatic carbocycles. The maximum atomic E-state index is 3.59. The van der Waals surface area contributed by atoms with E-state index < -0.39 is 0 Å². The highest BCUT2D eigenvalue weighted by molar-refractivity contribution is 9.09. The summed E-state index contributed by atoms with van der Waals surface area (Å²) in [4.78, 5) is 0.812. The van der Waals surface area contributed by atoms with E-state index in [-0.39, 0.29) is 0 Å². The van der Waals surface area contributed by atoms with Gasteiger partial charge in [-0.25, -0.2) is 0 Å². The molecule has 0 aromatic rings. The molecular weight excluding hydrogens is 154 g/mol. The first kappa shape index (κ1) is 4.33. The van der Waals surface area contributed by atoms with Crippen molar-refractivity contribution in [2.75, 3.05) is 6.54 Å². The van der Waals surface area contributed by atoms with E-state index in [9.17, 15) is 0 Å². The van der Waals surface area contributed by atoms with Crippen LogP contribution >= 0.6 is 15.9 Å². The average Bonchev–Trinajstić information content (AvgIpc) is 2.18. The fraction of sp³-hybridized carbons (Fsp3) is 1.00. The van der Waals surface area contributed by atoms with Gasteiger partial charge in [-0.1, -0.05) is 15.9 Å². The quantitative estimate of drug-likeness (QED) is 0.518. The average molecular weight is 162 g/mol. The van der Waals surface area contributed by atoms with Crippen molar-refractivity contribution in [1.29, 1.82) is 0 Å². The molecule has 1 nitrogen and oxygen atoms in total. The molecule has 7 heavy (non-hydrogen) atoms. The molecule has 3 rings (SSSR count). The van der Waals surface area contributed by atoms with E-state index in [1.165, 1.54) is 13.0 Å². The molecule has 0 amide bonds. The molecule has 2 heteroatoms. The van der Waals surface area contributed by atoms with Crippen molar-refractivity contribution in [1.82, 2.24) is 5.32 Å². The third-order valence-electron chi connectivity index (χ3n) is 2.03. The number of hydrogen-bond acceptors (Lipinski definition) is 1. The van der Waals surface area contributed by atoms with Crippen LogP contribution < -0.4 is 5.32 Å². The van der Waals surface area contributed by atoms with Crippen LogP contribution in [0, 0.1) is 5.92 Å². The summed E-state index contributed by atoms with van der Waals surface area (Å²) < 4.78 is 0. The van der Waals surface area contributed by atoms with Crippen molar-refractivity contribution in [2.45, 2.75) is 17.3 Å². The van der Waals surface area contributed by atoms with E-state index in [0.29, 0.717) is 0 Å². The molecule has 2 aliphatic heterocycles. The van der Waals surface area contributed by atoms with Gasteiger partial charge in [-0.3, -0.25) is 0 Å². The van der Waals surface area contributed by atoms with Crippen LogP contribution in [0.2, 0.25) is 0 Å². The Morgan fingerprint density at radius 2 is 2.43 bits per heavy atom. The summed E-state index contributed by atoms with van der Waals surface area (Å²) in [6, 6.07) is 0.824. The van der Waals surface area contributed by atoms with Gasteiger partial charge in [0.25, 0.3) is 0 Å². The lowest BCUT2D eigenvalue weighted by Gasteiger charge is -2.28. The van der Waals surface area contributed by atoms with Crippen molar-refractivity contribution in [2.24, 2.45) is 5.92 Å². The Hall–Kier alpha value is 0.440. The summed E-state index contributed by atoms with van der Waals surface area (Å²) in [5.74, 6) is 0.963. The zero-order valence-electron chi connectivity index (χ0n) is 4.02. The van der Waals surface area contributed by atoms with E-state index in [0.717, 1.165) is 16.8 Å². The third-order valence-corrected chi connectivity index (χ3v) is 3.42. The molecule has 0 unspecified atom stereocenters. The molecule has 0 radical (unpaired) electrons. The summed E-state index contributed by atoms with van der Waals surface area (Å²) in [7, 11) is 0. The SMILES string of the molecule is Br[C@H]1[C@@H]2CN[C@H]1C2. The Labute approximate surface area is 51.6 Å². The van der Waals surface area contributed by atoms with Gasteiger partial charge in [0.1, 0.15) is 0 Å². The van der Waals surface area contributed by atoms with Crippen LogP contribution in [0.1, 0.15) is 6.42 Å². The summed E-state index contributed by atoms with van der Waals surface area (Å²) >= 11 is 3.59. The maximum absolute atomic E-state index is 3.59. The van der Waals surface area contributed by atoms with Gasteiger partial charge < -0.3 is 5.32 Å². The second kappa shape index (κ2) is 1.23. The van der Waals surface area contributed by atoms with Crippen LogP contribution in [0.3, 0.4) is 0 Å². The molecule has 2 bridgehead atoms. The van der Waals surface area contributed by atoms with Gasteiger partial charge in [-0.15, -0.1) is 0 Å². The van der Waals surface area contributed by atoms with Gasteiger partial charge in [-0.2, -0.15) is 0 Å². The van der Waals surface area contributed by atoms with Gasteiger partial charge in [0.2, 0.25) is 0 Å². The molecule has 0 aromatic heterocycles. The monoisotopic (exact) mass is 161 g/mol. The third kappa shape index (κ3) is 0.417. The number of nitrogens with one attached hydrogen (secondary N) is 1. The standard InChI is InChI=1S/C5H8BrN/c6-5-3-1-4(5)7-2-3/h3-5,7H,1-2H2/t3-,4-,5-/m0/s1. The summed E-state index contributed by atoms with van der Waals surface area (Å²) in [6.45, 7) is 1.25. The van der Waals surface area contributed by atoms with Gasteiger partial charge in [0, 0.05) is 10.9 Å². The Morgan fingerprint density at radius 1 is 1.57 bits per heavy atom. The predicted molar refractivity (Wildman–Crippen MR) is 32.6 cm³/mol. The molecule has 0 spiro atoms. The zero-order chi connectivity index (χ0) is 4.85. The normalized spacial score (nSPS) is 57.0. The van der Waals surface area contributed by atoms with Crippen LogP contribution in [0.25, 0.3) is 0 Å². The molecule has 1 N–H and O–H groups in total. The van der Waals surface area contributed by atoms with Crippen molar-refractivity contribution >= 4 is 15.9 Å². The molecule has 3 atom stereocenters. The lowest BCUT2D eigenvalue weighted by Crippen LogP contribution is -2.37. The van der Waals surface area contributed by atoms with E-state index in [4.69, 9.17) is 0 Å². The Morgan fingerprint density at radius 3 is 2.57 bits per heavy atom.